The van der Waals surface area contributed by atoms with E-state index in [2.05, 4.69) is 45.0 Å². The van der Waals surface area contributed by atoms with E-state index in [0.29, 0.717) is 6.04 Å². The second-order valence-electron chi connectivity index (χ2n) is 3.00. The normalized spacial score (nSPS) is 13.8. The largest absolute Gasteiger partial charge is 0.372 e. The maximum Gasteiger partial charge on any atom is 0.0501 e. The summed E-state index contributed by atoms with van der Waals surface area (Å²) in [6.45, 7) is 13.9. The number of rotatable bonds is 4. The van der Waals surface area contributed by atoms with Crippen LogP contribution in [-0.2, 0) is 0 Å². The van der Waals surface area contributed by atoms with Crippen molar-refractivity contribution in [3.63, 3.8) is 0 Å². The van der Waals surface area contributed by atoms with Gasteiger partial charge in [-0.1, -0.05) is 25.3 Å². The molecule has 0 rings (SSSR count). The van der Waals surface area contributed by atoms with Crippen molar-refractivity contribution >= 4 is 0 Å². The van der Waals surface area contributed by atoms with E-state index >= 15 is 0 Å². The molecule has 0 fully saturated rings. The van der Waals surface area contributed by atoms with E-state index in [1.165, 1.54) is 5.70 Å². The Morgan fingerprint density at radius 3 is 2.33 bits per heavy atom. The van der Waals surface area contributed by atoms with E-state index in [0.717, 1.165) is 5.57 Å². The lowest BCUT2D eigenvalue weighted by molar-refractivity contribution is 0.365. The van der Waals surface area contributed by atoms with Gasteiger partial charge >= 0.3 is 0 Å². The van der Waals surface area contributed by atoms with Crippen molar-refractivity contribution in [3.05, 3.63) is 36.6 Å². The number of hydrogen-bond acceptors (Lipinski definition) is 1. The van der Waals surface area contributed by atoms with Crippen LogP contribution in [0.1, 0.15) is 20.8 Å². The van der Waals surface area contributed by atoms with E-state index in [1.54, 1.807) is 0 Å². The zero-order chi connectivity index (χ0) is 9.72. The van der Waals surface area contributed by atoms with Crippen LogP contribution >= 0.6 is 0 Å². The van der Waals surface area contributed by atoms with Crippen LogP contribution in [0.15, 0.2) is 36.6 Å². The molecule has 0 saturated heterocycles. The van der Waals surface area contributed by atoms with Crippen LogP contribution in [0, 0.1) is 0 Å². The summed E-state index contributed by atoms with van der Waals surface area (Å²) in [4.78, 5) is 2.18. The second-order valence-corrected chi connectivity index (χ2v) is 3.00. The number of allylic oxidation sites excluding steroid dienone is 2. The molecule has 68 valence electrons. The van der Waals surface area contributed by atoms with E-state index in [4.69, 9.17) is 0 Å². The first-order valence-electron chi connectivity index (χ1n) is 4.21. The molecule has 0 N–H and O–H groups in total. The lowest BCUT2D eigenvalue weighted by Gasteiger charge is -2.27. The van der Waals surface area contributed by atoms with Crippen LogP contribution in [0.4, 0.5) is 0 Å². The minimum atomic E-state index is 0.332. The topological polar surface area (TPSA) is 3.24 Å². The van der Waals surface area contributed by atoms with Gasteiger partial charge in [0, 0.05) is 12.7 Å². The summed E-state index contributed by atoms with van der Waals surface area (Å²) in [5, 5.41) is 0. The highest BCUT2D eigenvalue weighted by atomic mass is 15.1. The Kier molecular flexibility index (Phi) is 4.42. The maximum absolute atomic E-state index is 3.92. The van der Waals surface area contributed by atoms with Crippen LogP contribution in [0.25, 0.3) is 0 Å². The Morgan fingerprint density at radius 2 is 2.00 bits per heavy atom. The third-order valence-corrected chi connectivity index (χ3v) is 2.35. The Bertz CT molecular complexity index is 195. The predicted octanol–water partition coefficient (Wildman–Crippen LogP) is 2.97. The molecule has 0 saturated carbocycles. The quantitative estimate of drug-likeness (QED) is 0.579. The fraction of sp³-hybridized carbons (Fsp3) is 0.455. The molecule has 0 spiro atoms. The van der Waals surface area contributed by atoms with Gasteiger partial charge in [-0.05, 0) is 26.3 Å². The molecule has 0 unspecified atom stereocenters. The molecule has 0 aromatic carbocycles. The van der Waals surface area contributed by atoms with Gasteiger partial charge in [-0.25, -0.2) is 0 Å². The summed E-state index contributed by atoms with van der Waals surface area (Å²) in [7, 11) is 2.06. The van der Waals surface area contributed by atoms with E-state index in [-0.39, 0.29) is 0 Å². The Balaban J connectivity index is 4.38. The van der Waals surface area contributed by atoms with Crippen molar-refractivity contribution in [1.29, 1.82) is 0 Å². The lowest BCUT2D eigenvalue weighted by Crippen LogP contribution is -2.28. The first-order chi connectivity index (χ1) is 5.54. The molecule has 0 aliphatic carbocycles. The Labute approximate surface area is 76.1 Å². The van der Waals surface area contributed by atoms with Crippen LogP contribution in [0.3, 0.4) is 0 Å². The predicted molar refractivity (Wildman–Crippen MR) is 56.0 cm³/mol. The van der Waals surface area contributed by atoms with Gasteiger partial charge in [0.05, 0.1) is 6.04 Å². The summed E-state index contributed by atoms with van der Waals surface area (Å²) in [6.07, 6.45) is 3.90. The van der Waals surface area contributed by atoms with E-state index in [1.807, 2.05) is 13.0 Å². The molecule has 0 heterocycles. The van der Waals surface area contributed by atoms with Gasteiger partial charge in [-0.15, -0.1) is 0 Å². The Morgan fingerprint density at radius 1 is 1.50 bits per heavy atom. The highest BCUT2D eigenvalue weighted by molar-refractivity contribution is 5.19. The number of hydrogen-bond donors (Lipinski definition) is 0. The molecule has 0 amide bonds. The van der Waals surface area contributed by atoms with Crippen molar-refractivity contribution in [3.8, 4) is 0 Å². The van der Waals surface area contributed by atoms with Crippen LogP contribution in [0.2, 0.25) is 0 Å². The minimum Gasteiger partial charge on any atom is -0.372 e. The number of likely N-dealkylation sites (N-methyl/N-ethyl adjacent to an activating group) is 1. The van der Waals surface area contributed by atoms with Crippen molar-refractivity contribution in [2.45, 2.75) is 26.8 Å². The SMILES string of the molecule is C=CC(=C)[C@@H](C)N(C)/C(C)=C/C. The molecule has 0 aliphatic rings. The van der Waals surface area contributed by atoms with Gasteiger partial charge in [0.1, 0.15) is 0 Å². The van der Waals surface area contributed by atoms with Crippen LogP contribution < -0.4 is 0 Å². The molecule has 1 atom stereocenters. The number of nitrogens with zero attached hydrogens (tertiary/aromatic N) is 1. The summed E-state index contributed by atoms with van der Waals surface area (Å²) in [5.74, 6) is 0. The summed E-state index contributed by atoms with van der Waals surface area (Å²) in [6, 6.07) is 0.332. The smallest absolute Gasteiger partial charge is 0.0501 e. The maximum atomic E-state index is 3.92. The molecule has 0 bridgehead atoms. The van der Waals surface area contributed by atoms with Gasteiger partial charge in [-0.2, -0.15) is 0 Å². The first-order valence-corrected chi connectivity index (χ1v) is 4.21. The molecular weight excluding hydrogens is 146 g/mol. The highest BCUT2D eigenvalue weighted by Gasteiger charge is 2.09. The van der Waals surface area contributed by atoms with Gasteiger partial charge in [0.25, 0.3) is 0 Å². The van der Waals surface area contributed by atoms with Gasteiger partial charge in [0.2, 0.25) is 0 Å². The van der Waals surface area contributed by atoms with Crippen molar-refractivity contribution in [1.82, 2.24) is 4.90 Å². The molecule has 0 aromatic heterocycles. The second kappa shape index (κ2) is 4.81. The molecule has 0 aromatic rings. The van der Waals surface area contributed by atoms with Crippen molar-refractivity contribution in [2.24, 2.45) is 0 Å². The monoisotopic (exact) mass is 165 g/mol. The van der Waals surface area contributed by atoms with Gasteiger partial charge in [0.15, 0.2) is 0 Å². The molecule has 1 nitrogen and oxygen atoms in total. The van der Waals surface area contributed by atoms with Crippen molar-refractivity contribution < 1.29 is 0 Å². The standard InChI is InChI=1S/C11H19N/c1-7-9(3)11(5)12(6)10(4)8-2/h7-8,11H,1,3H2,2,4-6H3/b10-8+/t11-/m1/s1. The average Bonchev–Trinajstić information content (AvgIpc) is 2.12. The summed E-state index contributed by atoms with van der Waals surface area (Å²) >= 11 is 0. The van der Waals surface area contributed by atoms with Crippen LogP contribution in [-0.4, -0.2) is 18.0 Å². The van der Waals surface area contributed by atoms with E-state index in [9.17, 15) is 0 Å². The average molecular weight is 165 g/mol. The third kappa shape index (κ3) is 2.57. The Hall–Kier alpha value is -0.980. The molecular formula is C11H19N. The fourth-order valence-electron chi connectivity index (χ4n) is 0.928. The lowest BCUT2D eigenvalue weighted by atomic mass is 10.1. The first kappa shape index (κ1) is 11.0. The van der Waals surface area contributed by atoms with Gasteiger partial charge in [-0.3, -0.25) is 0 Å². The molecule has 0 radical (unpaired) electrons. The summed E-state index contributed by atoms with van der Waals surface area (Å²) in [5.41, 5.74) is 2.31. The molecule has 0 aliphatic heterocycles. The van der Waals surface area contributed by atoms with Crippen LogP contribution in [0.5, 0.6) is 0 Å². The molecule has 1 heteroatoms. The zero-order valence-corrected chi connectivity index (χ0v) is 8.59. The van der Waals surface area contributed by atoms with Gasteiger partial charge < -0.3 is 4.90 Å². The highest BCUT2D eigenvalue weighted by Crippen LogP contribution is 2.12. The summed E-state index contributed by atoms with van der Waals surface area (Å²) < 4.78 is 0. The van der Waals surface area contributed by atoms with Crippen molar-refractivity contribution in [2.75, 3.05) is 7.05 Å². The minimum absolute atomic E-state index is 0.332. The molecule has 12 heavy (non-hydrogen) atoms. The zero-order valence-electron chi connectivity index (χ0n) is 8.59. The van der Waals surface area contributed by atoms with E-state index < -0.39 is 0 Å². The third-order valence-electron chi connectivity index (χ3n) is 2.35. The fourth-order valence-corrected chi connectivity index (χ4v) is 0.928.